The van der Waals surface area contributed by atoms with Crippen LogP contribution in [0.5, 0.6) is 0 Å². The molecule has 5 heteroatoms. The minimum atomic E-state index is -0.532. The van der Waals surface area contributed by atoms with Gasteiger partial charge >= 0.3 is 6.09 Å². The number of benzene rings is 1. The lowest BCUT2D eigenvalue weighted by Crippen LogP contribution is -2.27. The number of rotatable bonds is 1. The fourth-order valence-corrected chi connectivity index (χ4v) is 1.81. The molecule has 0 spiro atoms. The highest BCUT2D eigenvalue weighted by molar-refractivity contribution is 6.29. The Hall–Kier alpha value is -1.81. The predicted octanol–water partition coefficient (Wildman–Crippen LogP) is 4.24. The molecule has 0 saturated heterocycles. The van der Waals surface area contributed by atoms with Gasteiger partial charge in [0, 0.05) is 5.39 Å². The Bertz CT molecular complexity index is 620. The molecule has 1 amide bonds. The quantitative estimate of drug-likeness (QED) is 0.794. The number of pyridine rings is 1. The first-order chi connectivity index (χ1) is 8.85. The summed E-state index contributed by atoms with van der Waals surface area (Å²) < 4.78 is 5.22. The summed E-state index contributed by atoms with van der Waals surface area (Å²) in [5.41, 5.74) is 0.841. The summed E-state index contributed by atoms with van der Waals surface area (Å²) in [7, 11) is 0. The molecule has 0 radical (unpaired) electrons. The van der Waals surface area contributed by atoms with Crippen LogP contribution in [-0.4, -0.2) is 16.7 Å². The van der Waals surface area contributed by atoms with Crippen LogP contribution in [0.2, 0.25) is 5.15 Å². The zero-order chi connectivity index (χ0) is 14.0. The molecule has 0 bridgehead atoms. The van der Waals surface area contributed by atoms with Gasteiger partial charge in [-0.15, -0.1) is 0 Å². The molecule has 1 aromatic heterocycles. The predicted molar refractivity (Wildman–Crippen MR) is 76.6 cm³/mol. The topological polar surface area (TPSA) is 51.2 Å². The molecule has 0 fully saturated rings. The van der Waals surface area contributed by atoms with E-state index in [1.807, 2.05) is 32.9 Å². The first-order valence-corrected chi connectivity index (χ1v) is 6.28. The minimum Gasteiger partial charge on any atom is -0.444 e. The molecule has 1 N–H and O–H groups in total. The second kappa shape index (κ2) is 5.05. The molecular weight excluding hydrogens is 264 g/mol. The number of aromatic nitrogens is 1. The number of anilines is 1. The van der Waals surface area contributed by atoms with Gasteiger partial charge in [-0.1, -0.05) is 17.7 Å². The van der Waals surface area contributed by atoms with Gasteiger partial charge in [0.05, 0.1) is 11.2 Å². The lowest BCUT2D eigenvalue weighted by molar-refractivity contribution is 0.0636. The zero-order valence-corrected chi connectivity index (χ0v) is 11.8. The number of nitrogens with one attached hydrogen (secondary N) is 1. The molecule has 2 aromatic rings. The van der Waals surface area contributed by atoms with Crippen LogP contribution in [0.1, 0.15) is 20.8 Å². The van der Waals surface area contributed by atoms with Crippen LogP contribution in [0.3, 0.4) is 0 Å². The average Bonchev–Trinajstić information content (AvgIpc) is 2.26. The molecule has 1 aromatic carbocycles. The summed E-state index contributed by atoms with van der Waals surface area (Å²) in [4.78, 5) is 16.0. The summed E-state index contributed by atoms with van der Waals surface area (Å²) in [5.74, 6) is 0. The van der Waals surface area contributed by atoms with E-state index in [1.165, 1.54) is 0 Å². The van der Waals surface area contributed by atoms with E-state index >= 15 is 0 Å². The Morgan fingerprint density at radius 2 is 2.00 bits per heavy atom. The SMILES string of the molecule is CC(C)(C)OC(=O)Nc1cccc2nc(Cl)ccc12. The lowest BCUT2D eigenvalue weighted by Gasteiger charge is -2.20. The number of carbonyl (C=O) groups is 1. The van der Waals surface area contributed by atoms with E-state index in [0.29, 0.717) is 10.8 Å². The molecule has 0 aliphatic rings. The van der Waals surface area contributed by atoms with Crippen molar-refractivity contribution in [2.45, 2.75) is 26.4 Å². The lowest BCUT2D eigenvalue weighted by atomic mass is 10.2. The van der Waals surface area contributed by atoms with Crippen LogP contribution in [-0.2, 0) is 4.74 Å². The fourth-order valence-electron chi connectivity index (χ4n) is 1.65. The van der Waals surface area contributed by atoms with Gasteiger partial charge in [0.1, 0.15) is 10.8 Å². The number of hydrogen-bond donors (Lipinski definition) is 1. The van der Waals surface area contributed by atoms with Gasteiger partial charge in [-0.25, -0.2) is 9.78 Å². The second-order valence-corrected chi connectivity index (χ2v) is 5.52. The Labute approximate surface area is 116 Å². The molecule has 2 rings (SSSR count). The largest absolute Gasteiger partial charge is 0.444 e. The van der Waals surface area contributed by atoms with Crippen molar-refractivity contribution in [1.82, 2.24) is 4.98 Å². The number of nitrogens with zero attached hydrogens (tertiary/aromatic N) is 1. The monoisotopic (exact) mass is 278 g/mol. The second-order valence-electron chi connectivity index (χ2n) is 5.13. The van der Waals surface area contributed by atoms with Gasteiger partial charge in [-0.3, -0.25) is 5.32 Å². The standard InChI is InChI=1S/C14H15ClN2O2/c1-14(2,3)19-13(18)17-11-6-4-5-10-9(11)7-8-12(15)16-10/h4-8H,1-3H3,(H,17,18). The molecule has 0 aliphatic heterocycles. The third-order valence-electron chi connectivity index (χ3n) is 2.33. The summed E-state index contributed by atoms with van der Waals surface area (Å²) in [6.45, 7) is 5.45. The van der Waals surface area contributed by atoms with Crippen LogP contribution in [0, 0.1) is 0 Å². The highest BCUT2D eigenvalue weighted by Gasteiger charge is 2.16. The molecule has 19 heavy (non-hydrogen) atoms. The summed E-state index contributed by atoms with van der Waals surface area (Å²) in [6, 6.07) is 8.93. The Morgan fingerprint density at radius 1 is 1.26 bits per heavy atom. The van der Waals surface area contributed by atoms with Gasteiger partial charge in [0.25, 0.3) is 0 Å². The number of ether oxygens (including phenoxy) is 1. The van der Waals surface area contributed by atoms with E-state index in [9.17, 15) is 4.79 Å². The van der Waals surface area contributed by atoms with Crippen molar-refractivity contribution in [1.29, 1.82) is 0 Å². The Morgan fingerprint density at radius 3 is 2.68 bits per heavy atom. The molecule has 0 saturated carbocycles. The molecule has 0 atom stereocenters. The zero-order valence-electron chi connectivity index (χ0n) is 11.0. The number of hydrogen-bond acceptors (Lipinski definition) is 3. The van der Waals surface area contributed by atoms with Crippen molar-refractivity contribution in [2.75, 3.05) is 5.32 Å². The van der Waals surface area contributed by atoms with Gasteiger partial charge in [-0.05, 0) is 45.0 Å². The normalized spacial score (nSPS) is 11.4. The number of amides is 1. The van der Waals surface area contributed by atoms with E-state index in [0.717, 1.165) is 10.9 Å². The first kappa shape index (κ1) is 13.6. The van der Waals surface area contributed by atoms with Crippen LogP contribution in [0.15, 0.2) is 30.3 Å². The smallest absolute Gasteiger partial charge is 0.412 e. The van der Waals surface area contributed by atoms with Crippen molar-refractivity contribution >= 4 is 34.3 Å². The van der Waals surface area contributed by atoms with Crippen molar-refractivity contribution in [3.8, 4) is 0 Å². The molecular formula is C14H15ClN2O2. The van der Waals surface area contributed by atoms with Crippen molar-refractivity contribution in [3.05, 3.63) is 35.5 Å². The Kier molecular flexibility index (Phi) is 3.62. The fraction of sp³-hybridized carbons (Fsp3) is 0.286. The molecule has 0 aliphatic carbocycles. The van der Waals surface area contributed by atoms with Crippen LogP contribution in [0.4, 0.5) is 10.5 Å². The molecule has 100 valence electrons. The van der Waals surface area contributed by atoms with E-state index in [-0.39, 0.29) is 0 Å². The minimum absolute atomic E-state index is 0.418. The average molecular weight is 279 g/mol. The maximum atomic E-state index is 11.8. The maximum absolute atomic E-state index is 11.8. The highest BCUT2D eigenvalue weighted by atomic mass is 35.5. The highest BCUT2D eigenvalue weighted by Crippen LogP contribution is 2.24. The van der Waals surface area contributed by atoms with Crippen molar-refractivity contribution < 1.29 is 9.53 Å². The van der Waals surface area contributed by atoms with Crippen LogP contribution >= 0.6 is 11.6 Å². The third kappa shape index (κ3) is 3.58. The van der Waals surface area contributed by atoms with E-state index in [1.54, 1.807) is 18.2 Å². The molecule has 1 heterocycles. The van der Waals surface area contributed by atoms with Gasteiger partial charge in [-0.2, -0.15) is 0 Å². The molecule has 4 nitrogen and oxygen atoms in total. The van der Waals surface area contributed by atoms with Gasteiger partial charge < -0.3 is 4.74 Å². The summed E-state index contributed by atoms with van der Waals surface area (Å²) >= 11 is 5.84. The first-order valence-electron chi connectivity index (χ1n) is 5.90. The van der Waals surface area contributed by atoms with Gasteiger partial charge in [0.2, 0.25) is 0 Å². The number of halogens is 1. The van der Waals surface area contributed by atoms with E-state index in [2.05, 4.69) is 10.3 Å². The van der Waals surface area contributed by atoms with E-state index in [4.69, 9.17) is 16.3 Å². The van der Waals surface area contributed by atoms with Crippen LogP contribution in [0.25, 0.3) is 10.9 Å². The number of carbonyl (C=O) groups excluding carboxylic acids is 1. The van der Waals surface area contributed by atoms with Crippen LogP contribution < -0.4 is 5.32 Å². The number of fused-ring (bicyclic) bond motifs is 1. The van der Waals surface area contributed by atoms with Crippen molar-refractivity contribution in [2.24, 2.45) is 0 Å². The summed E-state index contributed by atoms with van der Waals surface area (Å²) in [5, 5.41) is 3.95. The van der Waals surface area contributed by atoms with E-state index < -0.39 is 11.7 Å². The Balaban J connectivity index is 2.28. The maximum Gasteiger partial charge on any atom is 0.412 e. The summed E-state index contributed by atoms with van der Waals surface area (Å²) in [6.07, 6.45) is -0.491. The molecule has 0 unspecified atom stereocenters. The van der Waals surface area contributed by atoms with Gasteiger partial charge in [0.15, 0.2) is 0 Å². The third-order valence-corrected chi connectivity index (χ3v) is 2.54. The van der Waals surface area contributed by atoms with Crippen molar-refractivity contribution in [3.63, 3.8) is 0 Å².